The summed E-state index contributed by atoms with van der Waals surface area (Å²) in [5, 5.41) is 5.25. The molecular weight excluding hydrogens is 525 g/mol. The second-order valence-corrected chi connectivity index (χ2v) is 11.6. The highest BCUT2D eigenvalue weighted by Crippen LogP contribution is 2.42. The van der Waals surface area contributed by atoms with Crippen LogP contribution >= 0.6 is 23.2 Å². The summed E-state index contributed by atoms with van der Waals surface area (Å²) in [6.07, 6.45) is 2.28. The maximum absolute atomic E-state index is 14.1. The molecule has 1 aromatic heterocycles. The predicted octanol–water partition coefficient (Wildman–Crippen LogP) is 6.29. The van der Waals surface area contributed by atoms with E-state index in [-0.39, 0.29) is 30.2 Å². The molecule has 0 radical (unpaired) electrons. The van der Waals surface area contributed by atoms with Crippen LogP contribution in [0.2, 0.25) is 10.0 Å². The van der Waals surface area contributed by atoms with Crippen molar-refractivity contribution in [3.63, 3.8) is 0 Å². The van der Waals surface area contributed by atoms with Crippen molar-refractivity contribution in [2.75, 3.05) is 24.5 Å². The van der Waals surface area contributed by atoms with E-state index in [1.807, 2.05) is 24.3 Å². The number of carbonyl (C=O) groups excluding carboxylic acids is 2. The number of benzene rings is 2. The number of ether oxygens (including phenoxy) is 1. The van der Waals surface area contributed by atoms with Gasteiger partial charge < -0.3 is 19.1 Å². The van der Waals surface area contributed by atoms with Crippen molar-refractivity contribution in [1.29, 1.82) is 0 Å². The van der Waals surface area contributed by atoms with Crippen molar-refractivity contribution in [1.82, 2.24) is 10.1 Å². The van der Waals surface area contributed by atoms with Crippen molar-refractivity contribution < 1.29 is 18.8 Å². The van der Waals surface area contributed by atoms with Gasteiger partial charge in [-0.2, -0.15) is 0 Å². The van der Waals surface area contributed by atoms with E-state index in [0.29, 0.717) is 54.1 Å². The lowest BCUT2D eigenvalue weighted by Gasteiger charge is -2.49. The number of halogens is 2. The number of rotatable bonds is 6. The zero-order valence-corrected chi connectivity index (χ0v) is 23.0. The van der Waals surface area contributed by atoms with E-state index in [1.165, 1.54) is 0 Å². The second-order valence-electron chi connectivity index (χ2n) is 10.7. The second kappa shape index (κ2) is 11.0. The summed E-state index contributed by atoms with van der Waals surface area (Å²) in [4.78, 5) is 31.0. The van der Waals surface area contributed by atoms with E-state index in [9.17, 15) is 9.59 Å². The van der Waals surface area contributed by atoms with Crippen LogP contribution in [0.4, 0.5) is 5.69 Å². The predicted molar refractivity (Wildman–Crippen MR) is 147 cm³/mol. The lowest BCUT2D eigenvalue weighted by Crippen LogP contribution is -2.61. The van der Waals surface area contributed by atoms with Crippen LogP contribution in [0.15, 0.2) is 59.1 Å². The molecule has 3 aromatic rings. The number of carbonyl (C=O) groups is 2. The fourth-order valence-electron chi connectivity index (χ4n) is 5.55. The van der Waals surface area contributed by atoms with Crippen LogP contribution in [0.5, 0.6) is 5.75 Å². The van der Waals surface area contributed by atoms with Crippen molar-refractivity contribution in [3.8, 4) is 5.75 Å². The number of amides is 2. The van der Waals surface area contributed by atoms with E-state index in [4.69, 9.17) is 32.5 Å². The first kappa shape index (κ1) is 26.6. The van der Waals surface area contributed by atoms with Gasteiger partial charge in [0.1, 0.15) is 11.9 Å². The zero-order chi connectivity index (χ0) is 26.9. The van der Waals surface area contributed by atoms with Crippen molar-refractivity contribution in [2.24, 2.45) is 11.3 Å². The van der Waals surface area contributed by atoms with E-state index >= 15 is 0 Å². The summed E-state index contributed by atoms with van der Waals surface area (Å²) < 4.78 is 11.8. The Morgan fingerprint density at radius 3 is 2.68 bits per heavy atom. The lowest BCUT2D eigenvalue weighted by molar-refractivity contribution is -0.136. The third-order valence-corrected chi connectivity index (χ3v) is 7.68. The van der Waals surface area contributed by atoms with Gasteiger partial charge in [0.05, 0.1) is 17.7 Å². The van der Waals surface area contributed by atoms with Gasteiger partial charge in [-0.05, 0) is 67.6 Å². The highest BCUT2D eigenvalue weighted by atomic mass is 35.5. The van der Waals surface area contributed by atoms with E-state index in [1.54, 1.807) is 40.1 Å². The Morgan fingerprint density at radius 1 is 1.16 bits per heavy atom. The van der Waals surface area contributed by atoms with Crippen LogP contribution in [-0.4, -0.2) is 47.6 Å². The first-order valence-corrected chi connectivity index (χ1v) is 13.7. The Hall–Kier alpha value is -3.03. The van der Waals surface area contributed by atoms with Crippen LogP contribution in [0, 0.1) is 11.3 Å². The quantitative estimate of drug-likeness (QED) is 0.357. The van der Waals surface area contributed by atoms with Gasteiger partial charge in [-0.3, -0.25) is 9.59 Å². The molecule has 200 valence electrons. The lowest BCUT2D eigenvalue weighted by atomic mass is 9.71. The minimum Gasteiger partial charge on any atom is -0.488 e. The highest BCUT2D eigenvalue weighted by molar-refractivity contribution is 6.31. The van der Waals surface area contributed by atoms with Crippen LogP contribution in [-0.2, 0) is 11.2 Å². The molecule has 9 heteroatoms. The number of nitrogens with zero attached hydrogens (tertiary/aromatic N) is 3. The fraction of sp³-hybridized carbons (Fsp3) is 0.414. The number of anilines is 1. The molecule has 2 aliphatic heterocycles. The van der Waals surface area contributed by atoms with Gasteiger partial charge in [0.25, 0.3) is 5.91 Å². The molecule has 2 fully saturated rings. The van der Waals surface area contributed by atoms with Crippen molar-refractivity contribution in [3.05, 3.63) is 76.1 Å². The molecule has 3 heterocycles. The van der Waals surface area contributed by atoms with E-state index < -0.39 is 5.41 Å². The molecule has 2 aromatic carbocycles. The Morgan fingerprint density at radius 2 is 1.95 bits per heavy atom. The van der Waals surface area contributed by atoms with Gasteiger partial charge in [-0.1, -0.05) is 48.3 Å². The summed E-state index contributed by atoms with van der Waals surface area (Å²) in [5.41, 5.74) is 0.707. The maximum Gasteiger partial charge on any atom is 0.292 e. The standard InChI is InChI=1S/C29H31Cl2N3O4/c1-19(2)13-22-15-26(38-32-22)27(35)33-12-4-11-29(18-33)16-25(37-24-6-3-5-21(31)14-24)17-34(28(29)36)23-9-7-20(30)8-10-23/h3,5-10,14-15,19,25H,4,11-13,16-18H2,1-2H3/t25-,29-/m1/s1. The summed E-state index contributed by atoms with van der Waals surface area (Å²) in [5.74, 6) is 1.00. The molecule has 1 spiro atoms. The van der Waals surface area contributed by atoms with Crippen molar-refractivity contribution in [2.45, 2.75) is 45.6 Å². The SMILES string of the molecule is CC(C)Cc1cc(C(=O)N2CCC[C@@]3(C[C@@H](Oc4cccc(Cl)c4)CN(c4ccc(Cl)cc4)C3=O)C2)on1. The monoisotopic (exact) mass is 555 g/mol. The summed E-state index contributed by atoms with van der Waals surface area (Å²) in [6.45, 7) is 5.39. The Kier molecular flexibility index (Phi) is 7.68. The number of aromatic nitrogens is 1. The molecule has 2 aliphatic rings. The Bertz CT molecular complexity index is 1310. The molecule has 38 heavy (non-hydrogen) atoms. The minimum absolute atomic E-state index is 0.0127. The topological polar surface area (TPSA) is 75.9 Å². The van der Waals surface area contributed by atoms with Crippen LogP contribution in [0.3, 0.4) is 0 Å². The average Bonchev–Trinajstić information content (AvgIpc) is 3.34. The Balaban J connectivity index is 1.42. The summed E-state index contributed by atoms with van der Waals surface area (Å²) in [7, 11) is 0. The molecule has 0 aliphatic carbocycles. The molecule has 2 saturated heterocycles. The van der Waals surface area contributed by atoms with Gasteiger partial charge in [-0.25, -0.2) is 0 Å². The molecule has 0 saturated carbocycles. The minimum atomic E-state index is -0.796. The number of piperidine rings is 2. The third-order valence-electron chi connectivity index (χ3n) is 7.19. The molecule has 2 atom stereocenters. The molecule has 0 unspecified atom stereocenters. The smallest absolute Gasteiger partial charge is 0.292 e. The number of hydrogen-bond acceptors (Lipinski definition) is 5. The number of hydrogen-bond donors (Lipinski definition) is 0. The largest absolute Gasteiger partial charge is 0.488 e. The van der Waals surface area contributed by atoms with Gasteiger partial charge in [-0.15, -0.1) is 0 Å². The third kappa shape index (κ3) is 5.69. The van der Waals surface area contributed by atoms with Crippen LogP contribution < -0.4 is 9.64 Å². The molecule has 2 amide bonds. The fourth-order valence-corrected chi connectivity index (χ4v) is 5.85. The normalized spacial score (nSPS) is 21.8. The van der Waals surface area contributed by atoms with E-state index in [2.05, 4.69) is 19.0 Å². The van der Waals surface area contributed by atoms with Gasteiger partial charge in [0.15, 0.2) is 0 Å². The van der Waals surface area contributed by atoms with Crippen LogP contribution in [0.1, 0.15) is 49.4 Å². The first-order chi connectivity index (χ1) is 18.2. The average molecular weight is 556 g/mol. The molecular formula is C29H31Cl2N3O4. The molecule has 7 nitrogen and oxygen atoms in total. The number of likely N-dealkylation sites (tertiary alicyclic amines) is 1. The molecule has 0 bridgehead atoms. The van der Waals surface area contributed by atoms with Gasteiger partial charge in [0, 0.05) is 41.3 Å². The highest BCUT2D eigenvalue weighted by Gasteiger charge is 2.51. The first-order valence-electron chi connectivity index (χ1n) is 13.0. The zero-order valence-electron chi connectivity index (χ0n) is 21.5. The summed E-state index contributed by atoms with van der Waals surface area (Å²) >= 11 is 12.3. The van der Waals surface area contributed by atoms with Crippen molar-refractivity contribution >= 4 is 40.7 Å². The Labute approximate surface area is 232 Å². The maximum atomic E-state index is 14.1. The van der Waals surface area contributed by atoms with Crippen LogP contribution in [0.25, 0.3) is 0 Å². The molecule has 5 rings (SSSR count). The van der Waals surface area contributed by atoms with E-state index in [0.717, 1.165) is 17.8 Å². The summed E-state index contributed by atoms with van der Waals surface area (Å²) in [6, 6.07) is 16.2. The van der Waals surface area contributed by atoms with Gasteiger partial charge in [0.2, 0.25) is 11.7 Å². The molecule has 0 N–H and O–H groups in total. The van der Waals surface area contributed by atoms with Gasteiger partial charge >= 0.3 is 0 Å².